The first-order valence-electron chi connectivity index (χ1n) is 5.93. The van der Waals surface area contributed by atoms with Crippen molar-refractivity contribution in [3.8, 4) is 0 Å². The summed E-state index contributed by atoms with van der Waals surface area (Å²) in [6.07, 6.45) is 5.25. The van der Waals surface area contributed by atoms with E-state index in [1.165, 1.54) is 25.8 Å². The molecule has 2 atom stereocenters. The fourth-order valence-electron chi connectivity index (χ4n) is 2.85. The Bertz CT molecular complexity index is 175. The van der Waals surface area contributed by atoms with Gasteiger partial charge in [0.2, 0.25) is 0 Å². The van der Waals surface area contributed by atoms with E-state index in [1.54, 1.807) is 0 Å². The van der Waals surface area contributed by atoms with E-state index in [2.05, 4.69) is 4.90 Å². The lowest BCUT2D eigenvalue weighted by atomic mass is 10.0. The summed E-state index contributed by atoms with van der Waals surface area (Å²) in [5, 5.41) is 0. The first-order chi connectivity index (χ1) is 6.92. The number of nitrogens with zero attached hydrogens (tertiary/aromatic N) is 1. The molecule has 3 heteroatoms. The van der Waals surface area contributed by atoms with Crippen LogP contribution in [0.25, 0.3) is 0 Å². The third-order valence-electron chi connectivity index (χ3n) is 3.59. The summed E-state index contributed by atoms with van der Waals surface area (Å²) in [5.74, 6) is 0.801. The van der Waals surface area contributed by atoms with Crippen molar-refractivity contribution in [2.45, 2.75) is 31.7 Å². The van der Waals surface area contributed by atoms with Gasteiger partial charge in [0.1, 0.15) is 0 Å². The van der Waals surface area contributed by atoms with Crippen LogP contribution >= 0.6 is 0 Å². The van der Waals surface area contributed by atoms with Crippen LogP contribution in [0.15, 0.2) is 0 Å². The fraction of sp³-hybridized carbons (Fsp3) is 1.00. The SMILES string of the molecule is NCCCN1CCOC[C@H]2CCC[C@@H]21. The Morgan fingerprint density at radius 2 is 2.29 bits per heavy atom. The molecule has 0 aromatic rings. The van der Waals surface area contributed by atoms with Crippen molar-refractivity contribution in [1.82, 2.24) is 4.90 Å². The molecule has 2 N–H and O–H groups in total. The lowest BCUT2D eigenvalue weighted by molar-refractivity contribution is 0.120. The van der Waals surface area contributed by atoms with Gasteiger partial charge in [-0.15, -0.1) is 0 Å². The van der Waals surface area contributed by atoms with Crippen LogP contribution in [0.1, 0.15) is 25.7 Å². The van der Waals surface area contributed by atoms with Gasteiger partial charge in [0.05, 0.1) is 13.2 Å². The summed E-state index contributed by atoms with van der Waals surface area (Å²) in [4.78, 5) is 2.61. The topological polar surface area (TPSA) is 38.5 Å². The third-order valence-corrected chi connectivity index (χ3v) is 3.59. The van der Waals surface area contributed by atoms with Gasteiger partial charge in [-0.25, -0.2) is 0 Å². The summed E-state index contributed by atoms with van der Waals surface area (Å²) in [5.41, 5.74) is 5.56. The average Bonchev–Trinajstić information content (AvgIpc) is 2.58. The number of ether oxygens (including phenoxy) is 1. The zero-order valence-corrected chi connectivity index (χ0v) is 8.95. The first-order valence-corrected chi connectivity index (χ1v) is 5.93. The lowest BCUT2D eigenvalue weighted by Gasteiger charge is -2.29. The molecule has 1 aliphatic heterocycles. The minimum Gasteiger partial charge on any atom is -0.380 e. The maximum atomic E-state index is 5.65. The van der Waals surface area contributed by atoms with Crippen molar-refractivity contribution in [3.05, 3.63) is 0 Å². The van der Waals surface area contributed by atoms with Crippen LogP contribution in [0.5, 0.6) is 0 Å². The molecular formula is C11H22N2O. The van der Waals surface area contributed by atoms with E-state index in [1.807, 2.05) is 0 Å². The molecule has 0 radical (unpaired) electrons. The van der Waals surface area contributed by atoms with Gasteiger partial charge in [-0.2, -0.15) is 0 Å². The van der Waals surface area contributed by atoms with Gasteiger partial charge in [-0.1, -0.05) is 6.42 Å². The molecule has 2 fully saturated rings. The first kappa shape index (κ1) is 10.4. The molecule has 1 aliphatic carbocycles. The molecule has 2 rings (SSSR count). The molecule has 0 amide bonds. The van der Waals surface area contributed by atoms with Crippen LogP contribution in [-0.2, 0) is 4.74 Å². The summed E-state index contributed by atoms with van der Waals surface area (Å²) >= 11 is 0. The quantitative estimate of drug-likeness (QED) is 0.730. The van der Waals surface area contributed by atoms with Crippen molar-refractivity contribution in [2.24, 2.45) is 11.7 Å². The van der Waals surface area contributed by atoms with Crippen molar-refractivity contribution in [3.63, 3.8) is 0 Å². The highest BCUT2D eigenvalue weighted by Crippen LogP contribution is 2.31. The monoisotopic (exact) mass is 198 g/mol. The Labute approximate surface area is 86.6 Å². The normalized spacial score (nSPS) is 34.1. The molecule has 0 bridgehead atoms. The molecule has 2 aliphatic rings. The second-order valence-corrected chi connectivity index (χ2v) is 4.51. The lowest BCUT2D eigenvalue weighted by Crippen LogP contribution is -2.39. The van der Waals surface area contributed by atoms with E-state index >= 15 is 0 Å². The molecule has 3 nitrogen and oxygen atoms in total. The van der Waals surface area contributed by atoms with Gasteiger partial charge in [-0.05, 0) is 38.3 Å². The van der Waals surface area contributed by atoms with Gasteiger partial charge >= 0.3 is 0 Å². The van der Waals surface area contributed by atoms with E-state index in [-0.39, 0.29) is 0 Å². The molecule has 14 heavy (non-hydrogen) atoms. The van der Waals surface area contributed by atoms with Crippen molar-refractivity contribution in [1.29, 1.82) is 0 Å². The maximum absolute atomic E-state index is 5.65. The summed E-state index contributed by atoms with van der Waals surface area (Å²) in [6.45, 7) is 5.00. The van der Waals surface area contributed by atoms with E-state index < -0.39 is 0 Å². The second-order valence-electron chi connectivity index (χ2n) is 4.51. The zero-order valence-electron chi connectivity index (χ0n) is 8.95. The molecule has 0 unspecified atom stereocenters. The van der Waals surface area contributed by atoms with Crippen molar-refractivity contribution in [2.75, 3.05) is 32.8 Å². The fourth-order valence-corrected chi connectivity index (χ4v) is 2.85. The highest BCUT2D eigenvalue weighted by molar-refractivity contribution is 4.86. The van der Waals surface area contributed by atoms with E-state index in [0.29, 0.717) is 0 Å². The van der Waals surface area contributed by atoms with Crippen LogP contribution in [0.2, 0.25) is 0 Å². The average molecular weight is 198 g/mol. The number of hydrogen-bond acceptors (Lipinski definition) is 3. The van der Waals surface area contributed by atoms with Crippen LogP contribution in [0, 0.1) is 5.92 Å². The highest BCUT2D eigenvalue weighted by Gasteiger charge is 2.33. The standard InChI is InChI=1S/C11H22N2O/c12-5-2-6-13-7-8-14-9-10-3-1-4-11(10)13/h10-11H,1-9,12H2/t10-,11+/m1/s1. The van der Waals surface area contributed by atoms with Gasteiger partial charge < -0.3 is 10.5 Å². The summed E-state index contributed by atoms with van der Waals surface area (Å²) < 4.78 is 5.65. The molecule has 82 valence electrons. The van der Waals surface area contributed by atoms with Gasteiger partial charge in [0.25, 0.3) is 0 Å². The number of fused-ring (bicyclic) bond motifs is 1. The largest absolute Gasteiger partial charge is 0.380 e. The Kier molecular flexibility index (Phi) is 3.79. The number of rotatable bonds is 3. The van der Waals surface area contributed by atoms with Crippen LogP contribution in [-0.4, -0.2) is 43.8 Å². The number of nitrogens with two attached hydrogens (primary N) is 1. The van der Waals surface area contributed by atoms with Crippen LogP contribution in [0.3, 0.4) is 0 Å². The minimum atomic E-state index is 0.795. The van der Waals surface area contributed by atoms with Crippen LogP contribution < -0.4 is 5.73 Å². The minimum absolute atomic E-state index is 0.795. The van der Waals surface area contributed by atoms with Crippen molar-refractivity contribution < 1.29 is 4.74 Å². The van der Waals surface area contributed by atoms with E-state index in [9.17, 15) is 0 Å². The predicted octanol–water partition coefficient (Wildman–Crippen LogP) is 0.836. The smallest absolute Gasteiger partial charge is 0.0593 e. The Hall–Kier alpha value is -0.120. The zero-order chi connectivity index (χ0) is 9.80. The van der Waals surface area contributed by atoms with Gasteiger partial charge in [-0.3, -0.25) is 4.90 Å². The predicted molar refractivity (Wildman–Crippen MR) is 57.2 cm³/mol. The van der Waals surface area contributed by atoms with E-state index in [0.717, 1.165) is 44.7 Å². The Morgan fingerprint density at radius 1 is 1.36 bits per heavy atom. The Morgan fingerprint density at radius 3 is 3.14 bits per heavy atom. The summed E-state index contributed by atoms with van der Waals surface area (Å²) in [6, 6.07) is 0.795. The molecule has 1 saturated carbocycles. The van der Waals surface area contributed by atoms with Gasteiger partial charge in [0.15, 0.2) is 0 Å². The van der Waals surface area contributed by atoms with Gasteiger partial charge in [0, 0.05) is 12.6 Å². The molecule has 0 aromatic carbocycles. The molecule has 0 spiro atoms. The molecule has 1 saturated heterocycles. The molecular weight excluding hydrogens is 176 g/mol. The number of hydrogen-bond donors (Lipinski definition) is 1. The highest BCUT2D eigenvalue weighted by atomic mass is 16.5. The summed E-state index contributed by atoms with van der Waals surface area (Å²) in [7, 11) is 0. The Balaban J connectivity index is 1.91. The van der Waals surface area contributed by atoms with Crippen LogP contribution in [0.4, 0.5) is 0 Å². The maximum Gasteiger partial charge on any atom is 0.0593 e. The van der Waals surface area contributed by atoms with Crippen molar-refractivity contribution >= 4 is 0 Å². The molecule has 1 heterocycles. The second kappa shape index (κ2) is 5.10. The third kappa shape index (κ3) is 2.27. The van der Waals surface area contributed by atoms with E-state index in [4.69, 9.17) is 10.5 Å². The molecule has 0 aromatic heterocycles.